The summed E-state index contributed by atoms with van der Waals surface area (Å²) in [6.07, 6.45) is 6.07. The van der Waals surface area contributed by atoms with E-state index >= 15 is 0 Å². The number of carbonyl (C=O) groups excluding carboxylic acids is 1. The van der Waals surface area contributed by atoms with Gasteiger partial charge in [-0.05, 0) is 36.6 Å². The van der Waals surface area contributed by atoms with Crippen molar-refractivity contribution in [1.82, 2.24) is 4.90 Å². The second kappa shape index (κ2) is 11.1. The zero-order valence-electron chi connectivity index (χ0n) is 16.9. The van der Waals surface area contributed by atoms with Crippen molar-refractivity contribution in [1.29, 1.82) is 0 Å². The Balaban J connectivity index is 1.50. The van der Waals surface area contributed by atoms with Crippen molar-refractivity contribution >= 4 is 12.1 Å². The van der Waals surface area contributed by atoms with E-state index in [9.17, 15) is 4.79 Å². The Morgan fingerprint density at radius 1 is 1.03 bits per heavy atom. The number of nitrogens with zero attached hydrogens (tertiary/aromatic N) is 2. The number of ether oxygens (including phenoxy) is 2. The SMILES string of the molecule is COc1cc(/C=N\OCC(=O)N2CCCCCC2)ccc1OCc1ccccc1. The zero-order chi connectivity index (χ0) is 20.3. The van der Waals surface area contributed by atoms with Gasteiger partial charge in [0.25, 0.3) is 5.91 Å². The van der Waals surface area contributed by atoms with Crippen molar-refractivity contribution in [3.05, 3.63) is 59.7 Å². The third-order valence-electron chi connectivity index (χ3n) is 4.85. The average molecular weight is 396 g/mol. The van der Waals surface area contributed by atoms with E-state index in [-0.39, 0.29) is 12.5 Å². The van der Waals surface area contributed by atoms with Crippen molar-refractivity contribution in [3.63, 3.8) is 0 Å². The number of methoxy groups -OCH3 is 1. The fourth-order valence-electron chi connectivity index (χ4n) is 3.22. The number of hydrogen-bond acceptors (Lipinski definition) is 5. The van der Waals surface area contributed by atoms with Gasteiger partial charge in [0, 0.05) is 18.7 Å². The first-order valence-electron chi connectivity index (χ1n) is 10.0. The molecule has 2 aromatic rings. The van der Waals surface area contributed by atoms with Crippen LogP contribution in [0.15, 0.2) is 53.7 Å². The normalized spacial score (nSPS) is 14.4. The maximum Gasteiger partial charge on any atom is 0.263 e. The lowest BCUT2D eigenvalue weighted by Gasteiger charge is -2.19. The van der Waals surface area contributed by atoms with E-state index in [1.54, 1.807) is 13.3 Å². The van der Waals surface area contributed by atoms with E-state index in [4.69, 9.17) is 14.3 Å². The lowest BCUT2D eigenvalue weighted by atomic mass is 10.2. The molecule has 6 heteroatoms. The number of carbonyl (C=O) groups is 1. The highest BCUT2D eigenvalue weighted by Crippen LogP contribution is 2.28. The van der Waals surface area contributed by atoms with Crippen LogP contribution in [0.1, 0.15) is 36.8 Å². The van der Waals surface area contributed by atoms with Crippen LogP contribution in [0.3, 0.4) is 0 Å². The molecule has 2 aromatic carbocycles. The lowest BCUT2D eigenvalue weighted by Crippen LogP contribution is -2.34. The highest BCUT2D eigenvalue weighted by molar-refractivity contribution is 5.81. The first-order chi connectivity index (χ1) is 14.3. The molecular formula is C23H28N2O4. The molecule has 0 aromatic heterocycles. The molecule has 0 bridgehead atoms. The molecule has 1 heterocycles. The molecule has 3 rings (SSSR count). The molecule has 1 aliphatic rings. The van der Waals surface area contributed by atoms with Crippen LogP contribution in [0.2, 0.25) is 0 Å². The van der Waals surface area contributed by atoms with Crippen molar-refractivity contribution in [3.8, 4) is 11.5 Å². The van der Waals surface area contributed by atoms with Crippen molar-refractivity contribution in [2.75, 3.05) is 26.8 Å². The van der Waals surface area contributed by atoms with Crippen LogP contribution in [0.25, 0.3) is 0 Å². The molecule has 0 atom stereocenters. The molecule has 154 valence electrons. The Bertz CT molecular complexity index is 800. The van der Waals surface area contributed by atoms with E-state index in [0.717, 1.165) is 37.1 Å². The minimum absolute atomic E-state index is 0.00806. The van der Waals surface area contributed by atoms with Gasteiger partial charge in [0.2, 0.25) is 0 Å². The smallest absolute Gasteiger partial charge is 0.263 e. The van der Waals surface area contributed by atoms with Crippen LogP contribution < -0.4 is 9.47 Å². The predicted molar refractivity (Wildman–Crippen MR) is 112 cm³/mol. The van der Waals surface area contributed by atoms with Gasteiger partial charge in [0.15, 0.2) is 18.1 Å². The summed E-state index contributed by atoms with van der Waals surface area (Å²) in [5.41, 5.74) is 1.89. The highest BCUT2D eigenvalue weighted by atomic mass is 16.6. The number of likely N-dealkylation sites (tertiary alicyclic amines) is 1. The first-order valence-corrected chi connectivity index (χ1v) is 10.0. The molecule has 29 heavy (non-hydrogen) atoms. The van der Waals surface area contributed by atoms with Gasteiger partial charge in [0.1, 0.15) is 6.61 Å². The van der Waals surface area contributed by atoms with Crippen molar-refractivity contribution in [2.24, 2.45) is 5.16 Å². The minimum Gasteiger partial charge on any atom is -0.493 e. The zero-order valence-corrected chi connectivity index (χ0v) is 16.9. The molecule has 1 aliphatic heterocycles. The average Bonchev–Trinajstić information content (AvgIpc) is 3.06. The summed E-state index contributed by atoms with van der Waals surface area (Å²) in [6.45, 7) is 2.05. The van der Waals surface area contributed by atoms with Gasteiger partial charge < -0.3 is 19.2 Å². The highest BCUT2D eigenvalue weighted by Gasteiger charge is 2.15. The summed E-state index contributed by atoms with van der Waals surface area (Å²) >= 11 is 0. The predicted octanol–water partition coefficient (Wildman–Crippen LogP) is 4.03. The Morgan fingerprint density at radius 2 is 1.79 bits per heavy atom. The standard InChI is InChI=1S/C23H28N2O4/c1-27-22-15-20(11-12-21(22)28-17-19-9-5-4-6-10-19)16-24-29-18-23(26)25-13-7-2-3-8-14-25/h4-6,9-12,15-16H,2-3,7-8,13-14,17-18H2,1H3/b24-16-. The summed E-state index contributed by atoms with van der Waals surface area (Å²) in [5.74, 6) is 1.27. The quantitative estimate of drug-likeness (QED) is 0.499. The molecule has 0 radical (unpaired) electrons. The summed E-state index contributed by atoms with van der Waals surface area (Å²) in [4.78, 5) is 19.3. The summed E-state index contributed by atoms with van der Waals surface area (Å²) in [5, 5.41) is 3.93. The van der Waals surface area contributed by atoms with Gasteiger partial charge in [-0.15, -0.1) is 0 Å². The van der Waals surface area contributed by atoms with Gasteiger partial charge in [0.05, 0.1) is 13.3 Å². The minimum atomic E-state index is -0.0358. The van der Waals surface area contributed by atoms with E-state index in [1.807, 2.05) is 53.4 Å². The van der Waals surface area contributed by atoms with Gasteiger partial charge in [-0.25, -0.2) is 0 Å². The molecular weight excluding hydrogens is 368 g/mol. The van der Waals surface area contributed by atoms with Crippen LogP contribution in [0, 0.1) is 0 Å². The van der Waals surface area contributed by atoms with Crippen LogP contribution in [-0.4, -0.2) is 43.8 Å². The molecule has 1 fully saturated rings. The summed E-state index contributed by atoms with van der Waals surface area (Å²) < 4.78 is 11.3. The van der Waals surface area contributed by atoms with Gasteiger partial charge in [-0.1, -0.05) is 48.3 Å². The first kappa shape index (κ1) is 20.7. The molecule has 0 unspecified atom stereocenters. The Morgan fingerprint density at radius 3 is 2.52 bits per heavy atom. The molecule has 6 nitrogen and oxygen atoms in total. The fourth-order valence-corrected chi connectivity index (χ4v) is 3.22. The molecule has 0 aliphatic carbocycles. The largest absolute Gasteiger partial charge is 0.493 e. The third-order valence-corrected chi connectivity index (χ3v) is 4.85. The Kier molecular flexibility index (Phi) is 7.92. The molecule has 1 amide bonds. The molecule has 1 saturated heterocycles. The number of oxime groups is 1. The topological polar surface area (TPSA) is 60.4 Å². The van der Waals surface area contributed by atoms with Gasteiger partial charge >= 0.3 is 0 Å². The van der Waals surface area contributed by atoms with Gasteiger partial charge in [-0.2, -0.15) is 0 Å². The number of rotatable bonds is 8. The second-order valence-corrected chi connectivity index (χ2v) is 6.99. The van der Waals surface area contributed by atoms with Crippen molar-refractivity contribution < 1.29 is 19.1 Å². The third kappa shape index (κ3) is 6.52. The molecule has 0 saturated carbocycles. The van der Waals surface area contributed by atoms with Crippen LogP contribution >= 0.6 is 0 Å². The Labute approximate surface area is 172 Å². The second-order valence-electron chi connectivity index (χ2n) is 6.99. The van der Waals surface area contributed by atoms with Crippen LogP contribution in [0.5, 0.6) is 11.5 Å². The number of benzene rings is 2. The van der Waals surface area contributed by atoms with Gasteiger partial charge in [-0.3, -0.25) is 4.79 Å². The fraction of sp³-hybridized carbons (Fsp3) is 0.391. The van der Waals surface area contributed by atoms with Crippen molar-refractivity contribution in [2.45, 2.75) is 32.3 Å². The number of hydrogen-bond donors (Lipinski definition) is 0. The van der Waals surface area contributed by atoms with Crippen LogP contribution in [-0.2, 0) is 16.2 Å². The molecule has 0 spiro atoms. The number of amides is 1. The van der Waals surface area contributed by atoms with E-state index in [2.05, 4.69) is 5.16 Å². The molecule has 0 N–H and O–H groups in total. The van der Waals surface area contributed by atoms with Crippen LogP contribution in [0.4, 0.5) is 0 Å². The summed E-state index contributed by atoms with van der Waals surface area (Å²) in [6, 6.07) is 15.5. The maximum absolute atomic E-state index is 12.2. The van der Waals surface area contributed by atoms with E-state index < -0.39 is 0 Å². The summed E-state index contributed by atoms with van der Waals surface area (Å²) in [7, 11) is 1.60. The van der Waals surface area contributed by atoms with E-state index in [0.29, 0.717) is 18.1 Å². The lowest BCUT2D eigenvalue weighted by molar-refractivity contribution is -0.136. The van der Waals surface area contributed by atoms with E-state index in [1.165, 1.54) is 12.8 Å². The monoisotopic (exact) mass is 396 g/mol. The maximum atomic E-state index is 12.2. The Hall–Kier alpha value is -3.02.